The molecule has 3 rings (SSSR count). The SMILES string of the molecule is Oc1[nH]c(=S)sc1/C=N/c1nc2ccccc2[nH]1. The van der Waals surface area contributed by atoms with Gasteiger partial charge in [0.25, 0.3) is 0 Å². The first kappa shape index (κ1) is 11.1. The lowest BCUT2D eigenvalue weighted by atomic mass is 10.3. The van der Waals surface area contributed by atoms with Crippen LogP contribution in [-0.2, 0) is 0 Å². The Balaban J connectivity index is 1.96. The van der Waals surface area contributed by atoms with Crippen LogP contribution in [0.3, 0.4) is 0 Å². The molecular weight excluding hydrogens is 268 g/mol. The number of para-hydroxylation sites is 2. The van der Waals surface area contributed by atoms with E-state index >= 15 is 0 Å². The Labute approximate surface area is 111 Å². The van der Waals surface area contributed by atoms with Crippen LogP contribution in [-0.4, -0.2) is 26.3 Å². The fraction of sp³-hybridized carbons (Fsp3) is 0. The Morgan fingerprint density at radius 1 is 1.33 bits per heavy atom. The molecule has 0 unspecified atom stereocenters. The Morgan fingerprint density at radius 2 is 2.17 bits per heavy atom. The van der Waals surface area contributed by atoms with Gasteiger partial charge in [-0.2, -0.15) is 0 Å². The van der Waals surface area contributed by atoms with Crippen LogP contribution < -0.4 is 0 Å². The molecule has 0 bridgehead atoms. The van der Waals surface area contributed by atoms with Crippen molar-refractivity contribution in [2.45, 2.75) is 0 Å². The van der Waals surface area contributed by atoms with Gasteiger partial charge in [-0.05, 0) is 24.4 Å². The summed E-state index contributed by atoms with van der Waals surface area (Å²) in [5.74, 6) is 0.528. The van der Waals surface area contributed by atoms with Gasteiger partial charge in [-0.3, -0.25) is 0 Å². The Morgan fingerprint density at radius 3 is 2.89 bits per heavy atom. The number of aromatic amines is 2. The van der Waals surface area contributed by atoms with Crippen molar-refractivity contribution in [3.63, 3.8) is 0 Å². The lowest BCUT2D eigenvalue weighted by molar-refractivity contribution is 0.456. The largest absolute Gasteiger partial charge is 0.494 e. The molecule has 0 saturated heterocycles. The summed E-state index contributed by atoms with van der Waals surface area (Å²) in [6.45, 7) is 0. The van der Waals surface area contributed by atoms with E-state index in [0.29, 0.717) is 14.8 Å². The third-order valence-corrected chi connectivity index (χ3v) is 3.50. The van der Waals surface area contributed by atoms with Crippen LogP contribution in [0.5, 0.6) is 5.88 Å². The van der Waals surface area contributed by atoms with Gasteiger partial charge >= 0.3 is 0 Å². The maximum Gasteiger partial charge on any atom is 0.227 e. The van der Waals surface area contributed by atoms with Crippen molar-refractivity contribution in [2.24, 2.45) is 4.99 Å². The lowest BCUT2D eigenvalue weighted by Crippen LogP contribution is -1.75. The summed E-state index contributed by atoms with van der Waals surface area (Å²) in [6, 6.07) is 7.68. The predicted octanol–water partition coefficient (Wildman–Crippen LogP) is 3.14. The van der Waals surface area contributed by atoms with E-state index in [1.165, 1.54) is 17.6 Å². The smallest absolute Gasteiger partial charge is 0.227 e. The molecule has 5 nitrogen and oxygen atoms in total. The number of H-pyrrole nitrogens is 2. The molecule has 0 spiro atoms. The molecular formula is C11H8N4OS2. The molecule has 0 fully saturated rings. The fourth-order valence-corrected chi connectivity index (χ4v) is 2.51. The zero-order chi connectivity index (χ0) is 12.5. The van der Waals surface area contributed by atoms with Crippen molar-refractivity contribution in [2.75, 3.05) is 0 Å². The maximum absolute atomic E-state index is 9.52. The molecule has 0 amide bonds. The molecule has 2 aromatic heterocycles. The molecule has 18 heavy (non-hydrogen) atoms. The average Bonchev–Trinajstić information content (AvgIpc) is 2.89. The van der Waals surface area contributed by atoms with E-state index in [1.54, 1.807) is 0 Å². The van der Waals surface area contributed by atoms with Crippen LogP contribution in [0.15, 0.2) is 29.3 Å². The minimum absolute atomic E-state index is 0.0323. The second-order valence-electron chi connectivity index (χ2n) is 3.56. The first-order valence-electron chi connectivity index (χ1n) is 5.13. The number of fused-ring (bicyclic) bond motifs is 1. The van der Waals surface area contributed by atoms with E-state index in [1.807, 2.05) is 24.3 Å². The van der Waals surface area contributed by atoms with E-state index in [0.717, 1.165) is 11.0 Å². The number of nitrogens with zero attached hydrogens (tertiary/aromatic N) is 2. The van der Waals surface area contributed by atoms with E-state index in [-0.39, 0.29) is 5.88 Å². The van der Waals surface area contributed by atoms with Gasteiger partial charge in [0.1, 0.15) is 4.88 Å². The number of hydrogen-bond donors (Lipinski definition) is 3. The molecule has 1 aromatic carbocycles. The second-order valence-corrected chi connectivity index (χ2v) is 5.28. The van der Waals surface area contributed by atoms with Crippen LogP contribution in [0.4, 0.5) is 5.95 Å². The Kier molecular flexibility index (Phi) is 2.69. The number of rotatable bonds is 2. The molecule has 0 atom stereocenters. The van der Waals surface area contributed by atoms with Gasteiger partial charge in [-0.15, -0.1) is 0 Å². The number of thiazole rings is 1. The summed E-state index contributed by atoms with van der Waals surface area (Å²) in [6.07, 6.45) is 1.53. The maximum atomic E-state index is 9.52. The summed E-state index contributed by atoms with van der Waals surface area (Å²) in [5, 5.41) is 9.52. The molecule has 3 aromatic rings. The van der Waals surface area contributed by atoms with Crippen molar-refractivity contribution in [3.05, 3.63) is 33.1 Å². The van der Waals surface area contributed by atoms with Gasteiger partial charge in [0.15, 0.2) is 3.95 Å². The third-order valence-electron chi connectivity index (χ3n) is 2.34. The summed E-state index contributed by atoms with van der Waals surface area (Å²) < 4.78 is 0.513. The lowest BCUT2D eigenvalue weighted by Gasteiger charge is -1.86. The third kappa shape index (κ3) is 2.05. The van der Waals surface area contributed by atoms with Crippen molar-refractivity contribution in [1.82, 2.24) is 15.0 Å². The molecule has 7 heteroatoms. The highest BCUT2D eigenvalue weighted by Gasteiger charge is 2.03. The van der Waals surface area contributed by atoms with E-state index in [2.05, 4.69) is 19.9 Å². The molecule has 0 radical (unpaired) electrons. The van der Waals surface area contributed by atoms with E-state index in [9.17, 15) is 5.11 Å². The highest BCUT2D eigenvalue weighted by molar-refractivity contribution is 7.73. The topological polar surface area (TPSA) is 77.1 Å². The fourth-order valence-electron chi connectivity index (χ4n) is 1.54. The number of aromatic nitrogens is 3. The number of aromatic hydroxyl groups is 1. The van der Waals surface area contributed by atoms with E-state index < -0.39 is 0 Å². The van der Waals surface area contributed by atoms with Gasteiger partial charge in [0, 0.05) is 0 Å². The molecule has 0 aliphatic carbocycles. The Bertz CT molecular complexity index is 751. The molecule has 0 aliphatic heterocycles. The van der Waals surface area contributed by atoms with Gasteiger partial charge in [0.2, 0.25) is 11.8 Å². The minimum Gasteiger partial charge on any atom is -0.494 e. The molecule has 0 aliphatic rings. The van der Waals surface area contributed by atoms with E-state index in [4.69, 9.17) is 12.2 Å². The second kappa shape index (κ2) is 4.35. The highest BCUT2D eigenvalue weighted by atomic mass is 32.1. The van der Waals surface area contributed by atoms with Gasteiger partial charge < -0.3 is 15.1 Å². The van der Waals surface area contributed by atoms with Gasteiger partial charge in [-0.25, -0.2) is 9.98 Å². The summed E-state index contributed by atoms with van der Waals surface area (Å²) >= 11 is 6.18. The molecule has 3 N–H and O–H groups in total. The Hall–Kier alpha value is -1.99. The number of imidazole rings is 1. The van der Waals surface area contributed by atoms with Crippen LogP contribution in [0.25, 0.3) is 11.0 Å². The minimum atomic E-state index is 0.0323. The van der Waals surface area contributed by atoms with Crippen molar-refractivity contribution in [1.29, 1.82) is 0 Å². The zero-order valence-corrected chi connectivity index (χ0v) is 10.7. The molecule has 2 heterocycles. The first-order valence-corrected chi connectivity index (χ1v) is 6.36. The molecule has 90 valence electrons. The monoisotopic (exact) mass is 276 g/mol. The van der Waals surface area contributed by atoms with Crippen molar-refractivity contribution in [3.8, 4) is 5.88 Å². The predicted molar refractivity (Wildman–Crippen MR) is 74.5 cm³/mol. The van der Waals surface area contributed by atoms with Crippen molar-refractivity contribution >= 4 is 46.8 Å². The molecule has 0 saturated carbocycles. The number of aliphatic imine (C=N–C) groups is 1. The quantitative estimate of drug-likeness (QED) is 0.497. The van der Waals surface area contributed by atoms with Crippen molar-refractivity contribution < 1.29 is 5.11 Å². The zero-order valence-electron chi connectivity index (χ0n) is 9.04. The highest BCUT2D eigenvalue weighted by Crippen LogP contribution is 2.20. The summed E-state index contributed by atoms with van der Waals surface area (Å²) in [4.78, 5) is 14.8. The number of benzene rings is 1. The number of hydrogen-bond acceptors (Lipinski definition) is 5. The van der Waals surface area contributed by atoms with Gasteiger partial charge in [0.05, 0.1) is 17.2 Å². The average molecular weight is 276 g/mol. The van der Waals surface area contributed by atoms with Gasteiger partial charge in [-0.1, -0.05) is 23.5 Å². The van der Waals surface area contributed by atoms with Crippen LogP contribution >= 0.6 is 23.6 Å². The summed E-state index contributed by atoms with van der Waals surface area (Å²) in [7, 11) is 0. The van der Waals surface area contributed by atoms with Crippen LogP contribution in [0, 0.1) is 3.95 Å². The number of nitrogens with one attached hydrogen (secondary N) is 2. The standard InChI is InChI=1S/C11H8N4OS2/c16-9-8(18-11(17)15-9)5-12-10-13-6-3-1-2-4-7(6)14-10/h1-5,16H,(H,13,14)(H,15,17)/b12-5+. The summed E-state index contributed by atoms with van der Waals surface area (Å²) in [5.41, 5.74) is 1.78. The normalized spacial score (nSPS) is 11.6. The van der Waals surface area contributed by atoms with Crippen LogP contribution in [0.1, 0.15) is 4.88 Å². The van der Waals surface area contributed by atoms with Crippen LogP contribution in [0.2, 0.25) is 0 Å². The first-order chi connectivity index (χ1) is 8.72.